The van der Waals surface area contributed by atoms with Gasteiger partial charge in [0.15, 0.2) is 0 Å². The van der Waals surface area contributed by atoms with Crippen molar-refractivity contribution in [2.75, 3.05) is 13.2 Å². The predicted octanol–water partition coefficient (Wildman–Crippen LogP) is 2.16. The third-order valence-corrected chi connectivity index (χ3v) is 4.92. The van der Waals surface area contributed by atoms with E-state index in [9.17, 15) is 14.4 Å². The summed E-state index contributed by atoms with van der Waals surface area (Å²) < 4.78 is 15.6. The maximum atomic E-state index is 12.8. The molecule has 0 saturated heterocycles. The molecule has 28 heavy (non-hydrogen) atoms. The smallest absolute Gasteiger partial charge is 0.408 e. The lowest BCUT2D eigenvalue weighted by molar-refractivity contribution is -0.152. The second-order valence-electron chi connectivity index (χ2n) is 6.88. The maximum Gasteiger partial charge on any atom is 0.408 e. The molecule has 1 amide bonds. The highest BCUT2D eigenvalue weighted by Gasteiger charge is 2.47. The third-order valence-electron chi connectivity index (χ3n) is 4.92. The molecule has 0 aromatic heterocycles. The Labute approximate surface area is 161 Å². The Morgan fingerprint density at radius 3 is 2.57 bits per heavy atom. The number of amides is 1. The summed E-state index contributed by atoms with van der Waals surface area (Å²) in [5, 5.41) is 2.71. The lowest BCUT2D eigenvalue weighted by atomic mass is 9.96. The van der Waals surface area contributed by atoms with Crippen molar-refractivity contribution in [3.8, 4) is 0 Å². The molecule has 2 aromatic rings. The predicted molar refractivity (Wildman–Crippen MR) is 97.6 cm³/mol. The highest BCUT2D eigenvalue weighted by Crippen LogP contribution is 2.33. The zero-order valence-electron chi connectivity index (χ0n) is 15.1. The maximum absolute atomic E-state index is 12.8. The van der Waals surface area contributed by atoms with Crippen LogP contribution in [0.1, 0.15) is 27.0 Å². The second-order valence-corrected chi connectivity index (χ2v) is 6.88. The molecule has 1 unspecified atom stereocenters. The van der Waals surface area contributed by atoms with Gasteiger partial charge in [0.2, 0.25) is 0 Å². The summed E-state index contributed by atoms with van der Waals surface area (Å²) in [5.41, 5.74) is 1.67. The highest BCUT2D eigenvalue weighted by molar-refractivity contribution is 5.91. The van der Waals surface area contributed by atoms with Gasteiger partial charge in [0.25, 0.3) is 0 Å². The minimum absolute atomic E-state index is 0.0454. The summed E-state index contributed by atoms with van der Waals surface area (Å²) in [7, 11) is 0. The van der Waals surface area contributed by atoms with E-state index in [4.69, 9.17) is 14.2 Å². The number of fused-ring (bicyclic) bond motifs is 2. The van der Waals surface area contributed by atoms with Crippen LogP contribution in [0.3, 0.4) is 0 Å². The van der Waals surface area contributed by atoms with Crippen molar-refractivity contribution >= 4 is 18.0 Å². The average molecular weight is 381 g/mol. The molecule has 1 heterocycles. The van der Waals surface area contributed by atoms with Crippen LogP contribution >= 0.6 is 0 Å². The molecular weight excluding hydrogens is 362 g/mol. The van der Waals surface area contributed by atoms with Gasteiger partial charge in [-0.15, -0.1) is 0 Å². The number of carbonyl (C=O) groups excluding carboxylic acids is 3. The Morgan fingerprint density at radius 1 is 1.00 bits per heavy atom. The van der Waals surface area contributed by atoms with Gasteiger partial charge in [-0.1, -0.05) is 36.4 Å². The number of benzene rings is 2. The second kappa shape index (κ2) is 7.34. The number of rotatable bonds is 3. The zero-order chi connectivity index (χ0) is 19.6. The summed E-state index contributed by atoms with van der Waals surface area (Å²) in [6, 6.07) is 14.4. The fourth-order valence-corrected chi connectivity index (χ4v) is 3.53. The van der Waals surface area contributed by atoms with E-state index >= 15 is 0 Å². The molecule has 0 saturated carbocycles. The first-order chi connectivity index (χ1) is 13.6. The Hall–Kier alpha value is -3.35. The molecule has 0 fully saturated rings. The van der Waals surface area contributed by atoms with E-state index in [0.717, 1.165) is 16.7 Å². The Bertz CT molecular complexity index is 926. The number of ether oxygens (including phenoxy) is 3. The van der Waals surface area contributed by atoms with E-state index in [1.165, 1.54) is 0 Å². The van der Waals surface area contributed by atoms with Crippen LogP contribution in [-0.4, -0.2) is 36.8 Å². The normalized spacial score (nSPS) is 20.7. The summed E-state index contributed by atoms with van der Waals surface area (Å²) in [6.45, 7) is -0.0256. The summed E-state index contributed by atoms with van der Waals surface area (Å²) >= 11 is 0. The topological polar surface area (TPSA) is 90.9 Å². The number of hydrogen-bond acceptors (Lipinski definition) is 6. The first kappa shape index (κ1) is 18.0. The molecule has 2 aliphatic rings. The van der Waals surface area contributed by atoms with Gasteiger partial charge in [0.05, 0.1) is 5.56 Å². The fraction of sp³-hybridized carbons (Fsp3) is 0.286. The fourth-order valence-electron chi connectivity index (χ4n) is 3.53. The molecule has 0 spiro atoms. The van der Waals surface area contributed by atoms with Gasteiger partial charge in [0.1, 0.15) is 25.4 Å². The number of hydrogen-bond donors (Lipinski definition) is 1. The van der Waals surface area contributed by atoms with Gasteiger partial charge in [-0.05, 0) is 28.8 Å². The van der Waals surface area contributed by atoms with Crippen molar-refractivity contribution in [2.45, 2.75) is 25.0 Å². The van der Waals surface area contributed by atoms with Crippen LogP contribution in [0.5, 0.6) is 0 Å². The molecule has 3 bridgehead atoms. The first-order valence-corrected chi connectivity index (χ1v) is 9.01. The summed E-state index contributed by atoms with van der Waals surface area (Å²) in [4.78, 5) is 37.2. The molecule has 1 aliphatic carbocycles. The standard InChI is InChI=1S/C21H19NO6/c23-18-15-6-7-16-11-21(12-17(16)10-15,19(24)27-9-8-26-18)22-20(25)28-13-14-4-2-1-3-5-14/h1-7,10H,8-9,11-13H2,(H,22,25). The number of alkyl carbamates (subject to hydrolysis) is 1. The molecule has 7 heteroatoms. The number of cyclic esters (lactones) is 2. The van der Waals surface area contributed by atoms with Crippen molar-refractivity contribution in [1.29, 1.82) is 0 Å². The van der Waals surface area contributed by atoms with Gasteiger partial charge in [-0.25, -0.2) is 14.4 Å². The average Bonchev–Trinajstić information content (AvgIpc) is 3.07. The molecule has 1 aliphatic heterocycles. The van der Waals surface area contributed by atoms with Crippen LogP contribution in [0, 0.1) is 0 Å². The van der Waals surface area contributed by atoms with Crippen molar-refractivity contribution in [3.05, 3.63) is 70.8 Å². The van der Waals surface area contributed by atoms with Crippen LogP contribution in [-0.2, 0) is 38.5 Å². The van der Waals surface area contributed by atoms with E-state index in [2.05, 4.69) is 5.32 Å². The molecule has 144 valence electrons. The Morgan fingerprint density at radius 2 is 1.75 bits per heavy atom. The van der Waals surface area contributed by atoms with E-state index < -0.39 is 23.6 Å². The van der Waals surface area contributed by atoms with Gasteiger partial charge < -0.3 is 19.5 Å². The van der Waals surface area contributed by atoms with Crippen molar-refractivity contribution in [3.63, 3.8) is 0 Å². The van der Waals surface area contributed by atoms with Crippen LogP contribution in [0.25, 0.3) is 0 Å². The monoisotopic (exact) mass is 381 g/mol. The largest absolute Gasteiger partial charge is 0.460 e. The number of esters is 2. The molecule has 0 radical (unpaired) electrons. The van der Waals surface area contributed by atoms with Crippen molar-refractivity contribution in [2.24, 2.45) is 0 Å². The molecule has 7 nitrogen and oxygen atoms in total. The first-order valence-electron chi connectivity index (χ1n) is 9.01. The van der Waals surface area contributed by atoms with Gasteiger partial charge in [0, 0.05) is 12.8 Å². The van der Waals surface area contributed by atoms with Crippen LogP contribution < -0.4 is 5.32 Å². The molecule has 1 atom stereocenters. The van der Waals surface area contributed by atoms with Crippen molar-refractivity contribution in [1.82, 2.24) is 5.32 Å². The lowest BCUT2D eigenvalue weighted by Crippen LogP contribution is -2.56. The van der Waals surface area contributed by atoms with E-state index in [1.54, 1.807) is 18.2 Å². The highest BCUT2D eigenvalue weighted by atomic mass is 16.6. The number of nitrogens with one attached hydrogen (secondary N) is 1. The van der Waals surface area contributed by atoms with Gasteiger partial charge in [-0.2, -0.15) is 0 Å². The lowest BCUT2D eigenvalue weighted by Gasteiger charge is -2.27. The van der Waals surface area contributed by atoms with E-state index in [0.29, 0.717) is 5.56 Å². The van der Waals surface area contributed by atoms with Crippen LogP contribution in [0.15, 0.2) is 48.5 Å². The molecule has 4 rings (SSSR count). The summed E-state index contributed by atoms with van der Waals surface area (Å²) in [5.74, 6) is -1.03. The Kier molecular flexibility index (Phi) is 4.73. The minimum atomic E-state index is -1.26. The van der Waals surface area contributed by atoms with E-state index in [1.807, 2.05) is 30.3 Å². The van der Waals surface area contributed by atoms with Crippen molar-refractivity contribution < 1.29 is 28.6 Å². The third kappa shape index (κ3) is 3.55. The number of carbonyl (C=O) groups is 3. The molecular formula is C21H19NO6. The Balaban J connectivity index is 1.54. The zero-order valence-corrected chi connectivity index (χ0v) is 15.1. The molecule has 2 aromatic carbocycles. The molecule has 1 N–H and O–H groups in total. The van der Waals surface area contributed by atoms with Gasteiger partial charge >= 0.3 is 18.0 Å². The quantitative estimate of drug-likeness (QED) is 0.647. The van der Waals surface area contributed by atoms with E-state index in [-0.39, 0.29) is 32.7 Å². The summed E-state index contributed by atoms with van der Waals surface area (Å²) in [6.07, 6.45) is -0.198. The minimum Gasteiger partial charge on any atom is -0.460 e. The SMILES string of the molecule is O=C(NC12Cc3ccc(cc3C1)C(=O)OCCOC2=O)OCc1ccccc1. The van der Waals surface area contributed by atoms with Gasteiger partial charge in [-0.3, -0.25) is 0 Å². The van der Waals surface area contributed by atoms with Crippen LogP contribution in [0.2, 0.25) is 0 Å². The van der Waals surface area contributed by atoms with Crippen LogP contribution in [0.4, 0.5) is 4.79 Å².